The lowest BCUT2D eigenvalue weighted by molar-refractivity contribution is -0.120. The first-order chi connectivity index (χ1) is 16.3. The molecule has 2 aromatic rings. The molecule has 1 fully saturated rings. The van der Waals surface area contributed by atoms with Gasteiger partial charge in [-0.3, -0.25) is 23.6 Å². The Morgan fingerprint density at radius 3 is 2.41 bits per heavy atom. The van der Waals surface area contributed by atoms with E-state index in [2.05, 4.69) is 0 Å². The summed E-state index contributed by atoms with van der Waals surface area (Å²) in [5.41, 5.74) is 1.59. The molecule has 2 N–H and O–H groups in total. The quantitative estimate of drug-likeness (QED) is 0.512. The highest BCUT2D eigenvalue weighted by Gasteiger charge is 2.35. The topological polar surface area (TPSA) is 123 Å². The molecule has 0 radical (unpaired) electrons. The van der Waals surface area contributed by atoms with Crippen LogP contribution in [0.25, 0.3) is 0 Å². The summed E-state index contributed by atoms with van der Waals surface area (Å²) in [7, 11) is 1.48. The molecule has 1 saturated heterocycles. The van der Waals surface area contributed by atoms with E-state index in [4.69, 9.17) is 9.47 Å². The van der Waals surface area contributed by atoms with Gasteiger partial charge in [-0.15, -0.1) is 0 Å². The summed E-state index contributed by atoms with van der Waals surface area (Å²) in [6.07, 6.45) is 0.201. The Hall–Kier alpha value is -2.79. The minimum absolute atomic E-state index is 0.0340. The van der Waals surface area contributed by atoms with Crippen molar-refractivity contribution in [3.05, 3.63) is 61.9 Å². The number of carbonyl (C=O) groups is 1. The van der Waals surface area contributed by atoms with E-state index in [0.29, 0.717) is 12.8 Å². The van der Waals surface area contributed by atoms with Gasteiger partial charge >= 0.3 is 5.69 Å². The van der Waals surface area contributed by atoms with Gasteiger partial charge in [0.2, 0.25) is 5.91 Å². The van der Waals surface area contributed by atoms with Crippen LogP contribution in [0.4, 0.5) is 5.69 Å². The maximum Gasteiger partial charge on any atom is 0.333 e. The van der Waals surface area contributed by atoms with Crippen molar-refractivity contribution in [2.75, 3.05) is 25.3 Å². The van der Waals surface area contributed by atoms with Crippen molar-refractivity contribution in [1.82, 2.24) is 9.13 Å². The number of amides is 1. The van der Waals surface area contributed by atoms with Crippen LogP contribution in [-0.2, 0) is 33.7 Å². The molecular formula is C24H33N3O7. The third kappa shape index (κ3) is 5.00. The van der Waals surface area contributed by atoms with Gasteiger partial charge in [0.15, 0.2) is 0 Å². The second-order valence-corrected chi connectivity index (χ2v) is 8.38. The number of nitrogens with zero attached hydrogens (tertiary/aromatic N) is 3. The largest absolute Gasteiger partial charge is 0.394 e. The molecule has 0 spiro atoms. The van der Waals surface area contributed by atoms with E-state index in [1.807, 2.05) is 32.0 Å². The van der Waals surface area contributed by atoms with Gasteiger partial charge in [-0.05, 0) is 30.9 Å². The van der Waals surface area contributed by atoms with Gasteiger partial charge in [-0.1, -0.05) is 32.0 Å². The van der Waals surface area contributed by atoms with Gasteiger partial charge in [0.1, 0.15) is 25.6 Å². The molecule has 1 amide bonds. The number of aliphatic hydroxyl groups is 2. The standard InChI is InChI=1S/C24H33N3O7/c1-5-16-8-7-9-17(6-2)22(16)27(14-33-4)20(30)12-26-23(31)15(3)11-25(24(26)32)21-10-18(29)19(13-28)34-21/h7-9,11,18-19,21,28-29H,5-6,10,12-14H2,1-4H3/t18-,19+,21+/m0/s1. The molecule has 3 atom stereocenters. The number of hydrogen-bond acceptors (Lipinski definition) is 7. The highest BCUT2D eigenvalue weighted by molar-refractivity contribution is 5.94. The zero-order valence-corrected chi connectivity index (χ0v) is 20.1. The predicted molar refractivity (Wildman–Crippen MR) is 126 cm³/mol. The first-order valence-corrected chi connectivity index (χ1v) is 11.4. The van der Waals surface area contributed by atoms with Crippen molar-refractivity contribution in [2.24, 2.45) is 0 Å². The SMILES string of the molecule is CCc1cccc(CC)c1N(COC)C(=O)Cn1c(=O)c(C)cn([C@H]2C[C@H](O)[C@@H](CO)O2)c1=O. The van der Waals surface area contributed by atoms with Crippen molar-refractivity contribution < 1.29 is 24.5 Å². The van der Waals surface area contributed by atoms with E-state index >= 15 is 0 Å². The van der Waals surface area contributed by atoms with E-state index in [1.54, 1.807) is 6.92 Å². The molecule has 1 aromatic carbocycles. The van der Waals surface area contributed by atoms with Gasteiger partial charge < -0.3 is 19.7 Å². The number of aryl methyl sites for hydroxylation is 3. The lowest BCUT2D eigenvalue weighted by atomic mass is 10.0. The van der Waals surface area contributed by atoms with Crippen molar-refractivity contribution in [1.29, 1.82) is 0 Å². The number of para-hydroxylation sites is 1. The van der Waals surface area contributed by atoms with E-state index < -0.39 is 48.7 Å². The first-order valence-electron chi connectivity index (χ1n) is 11.4. The van der Waals surface area contributed by atoms with Crippen molar-refractivity contribution in [3.63, 3.8) is 0 Å². The summed E-state index contributed by atoms with van der Waals surface area (Å²) in [6.45, 7) is 4.62. The molecule has 186 valence electrons. The lowest BCUT2D eigenvalue weighted by Crippen LogP contribution is -2.47. The Kier molecular flexibility index (Phi) is 8.42. The van der Waals surface area contributed by atoms with E-state index in [0.717, 1.165) is 21.4 Å². The minimum atomic E-state index is -0.945. The second-order valence-electron chi connectivity index (χ2n) is 8.38. The third-order valence-electron chi connectivity index (χ3n) is 6.15. The van der Waals surface area contributed by atoms with Crippen LogP contribution in [0, 0.1) is 6.92 Å². The molecule has 3 rings (SSSR count). The number of carbonyl (C=O) groups excluding carboxylic acids is 1. The van der Waals surface area contributed by atoms with E-state index in [1.165, 1.54) is 22.8 Å². The Bertz CT molecular complexity index is 1120. The maximum absolute atomic E-state index is 13.5. The molecule has 10 heteroatoms. The molecule has 0 saturated carbocycles. The average Bonchev–Trinajstić information content (AvgIpc) is 3.22. The van der Waals surface area contributed by atoms with Gasteiger partial charge in [0.25, 0.3) is 5.56 Å². The molecular weight excluding hydrogens is 442 g/mol. The number of hydrogen-bond donors (Lipinski definition) is 2. The average molecular weight is 476 g/mol. The number of aliphatic hydroxyl groups excluding tert-OH is 2. The number of aromatic nitrogens is 2. The van der Waals surface area contributed by atoms with Gasteiger partial charge in [-0.25, -0.2) is 4.79 Å². The Labute approximate surface area is 198 Å². The van der Waals surface area contributed by atoms with E-state index in [9.17, 15) is 24.6 Å². The van der Waals surface area contributed by atoms with Crippen LogP contribution < -0.4 is 16.1 Å². The molecule has 1 aliphatic rings. The Morgan fingerprint density at radius 2 is 1.88 bits per heavy atom. The monoisotopic (exact) mass is 475 g/mol. The Morgan fingerprint density at radius 1 is 1.24 bits per heavy atom. The zero-order chi connectivity index (χ0) is 25.0. The van der Waals surface area contributed by atoms with Crippen LogP contribution in [0.1, 0.15) is 43.2 Å². The number of methoxy groups -OCH3 is 1. The zero-order valence-electron chi connectivity index (χ0n) is 20.1. The van der Waals surface area contributed by atoms with E-state index in [-0.39, 0.29) is 18.7 Å². The van der Waals surface area contributed by atoms with Crippen LogP contribution in [0.2, 0.25) is 0 Å². The van der Waals surface area contributed by atoms with Gasteiger partial charge in [0, 0.05) is 25.3 Å². The number of benzene rings is 1. The summed E-state index contributed by atoms with van der Waals surface area (Å²) in [5, 5.41) is 19.4. The van der Waals surface area contributed by atoms with Crippen LogP contribution >= 0.6 is 0 Å². The summed E-state index contributed by atoms with van der Waals surface area (Å²) in [6, 6.07) is 5.82. The summed E-state index contributed by atoms with van der Waals surface area (Å²) < 4.78 is 13.0. The summed E-state index contributed by atoms with van der Waals surface area (Å²) >= 11 is 0. The summed E-state index contributed by atoms with van der Waals surface area (Å²) in [5.74, 6) is -0.464. The van der Waals surface area contributed by atoms with Crippen LogP contribution in [0.3, 0.4) is 0 Å². The molecule has 10 nitrogen and oxygen atoms in total. The highest BCUT2D eigenvalue weighted by Crippen LogP contribution is 2.28. The fraction of sp³-hybridized carbons (Fsp3) is 0.542. The highest BCUT2D eigenvalue weighted by atomic mass is 16.5. The maximum atomic E-state index is 13.5. The molecule has 0 unspecified atom stereocenters. The molecule has 1 aliphatic heterocycles. The number of rotatable bonds is 9. The van der Waals surface area contributed by atoms with Crippen LogP contribution in [-0.4, -0.2) is 57.9 Å². The van der Waals surface area contributed by atoms with Crippen molar-refractivity contribution in [2.45, 2.75) is 65.0 Å². The molecule has 1 aromatic heterocycles. The van der Waals surface area contributed by atoms with Crippen molar-refractivity contribution >= 4 is 11.6 Å². The predicted octanol–water partition coefficient (Wildman–Crippen LogP) is 0.721. The van der Waals surface area contributed by atoms with Gasteiger partial charge in [0.05, 0.1) is 18.4 Å². The molecule has 0 aliphatic carbocycles. The normalized spacial score (nSPS) is 20.0. The molecule has 34 heavy (non-hydrogen) atoms. The minimum Gasteiger partial charge on any atom is -0.394 e. The second kappa shape index (κ2) is 11.1. The van der Waals surface area contributed by atoms with Crippen LogP contribution in [0.15, 0.2) is 34.0 Å². The third-order valence-corrected chi connectivity index (χ3v) is 6.15. The fourth-order valence-corrected chi connectivity index (χ4v) is 4.33. The molecule has 0 bridgehead atoms. The van der Waals surface area contributed by atoms with Crippen molar-refractivity contribution in [3.8, 4) is 0 Å². The van der Waals surface area contributed by atoms with Crippen LogP contribution in [0.5, 0.6) is 0 Å². The number of anilines is 1. The lowest BCUT2D eigenvalue weighted by Gasteiger charge is -2.27. The Balaban J connectivity index is 2.02. The summed E-state index contributed by atoms with van der Waals surface area (Å²) in [4.78, 5) is 41.0. The molecule has 2 heterocycles. The number of ether oxygens (including phenoxy) is 2. The van der Waals surface area contributed by atoms with Gasteiger partial charge in [-0.2, -0.15) is 0 Å². The fourth-order valence-electron chi connectivity index (χ4n) is 4.33. The smallest absolute Gasteiger partial charge is 0.333 e. The first kappa shape index (κ1) is 25.8.